The average Bonchev–Trinajstić information content (AvgIpc) is 1.60. The summed E-state index contributed by atoms with van der Waals surface area (Å²) < 4.78 is 46.2. The largest absolute Gasteiger partial charge is 0.389 e. The zero-order chi connectivity index (χ0) is 8.36. The van der Waals surface area contributed by atoms with Crippen LogP contribution in [-0.2, 0) is 5.11 Å². The second-order valence-corrected chi connectivity index (χ2v) is 1.91. The molecule has 61 valence electrons. The first-order valence-electron chi connectivity index (χ1n) is 2.76. The molecule has 0 N–H and O–H groups in total. The summed E-state index contributed by atoms with van der Waals surface area (Å²) in [5.74, 6) is -2.35. The highest BCUT2D eigenvalue weighted by Crippen LogP contribution is 2.29. The molecule has 0 amide bonds. The average molecular weight is 159 g/mol. The van der Waals surface area contributed by atoms with E-state index in [0.29, 0.717) is 0 Å². The minimum absolute atomic E-state index is 0.506. The third kappa shape index (κ3) is 2.51. The lowest BCUT2D eigenvalue weighted by Gasteiger charge is -2.16. The van der Waals surface area contributed by atoms with Crippen molar-refractivity contribution in [3.8, 4) is 0 Å². The van der Waals surface area contributed by atoms with Crippen molar-refractivity contribution in [3.63, 3.8) is 0 Å². The molecule has 0 aliphatic rings. The molecule has 0 aromatic heterocycles. The smallest absolute Gasteiger partial charge is 0.210 e. The van der Waals surface area contributed by atoms with Crippen LogP contribution in [0.1, 0.15) is 13.3 Å². The first-order valence-corrected chi connectivity index (χ1v) is 2.76. The van der Waals surface area contributed by atoms with Crippen LogP contribution in [0.2, 0.25) is 0 Å². The number of hydrogen-bond donors (Lipinski definition) is 0. The van der Waals surface area contributed by atoms with E-state index in [1.807, 2.05) is 0 Å². The Morgan fingerprint density at radius 2 is 1.80 bits per heavy atom. The fraction of sp³-hybridized carbons (Fsp3) is 1.00. The number of hydrogen-bond acceptors (Lipinski definition) is 0. The van der Waals surface area contributed by atoms with E-state index >= 15 is 0 Å². The van der Waals surface area contributed by atoms with E-state index in [-0.39, 0.29) is 0 Å². The zero-order valence-electron chi connectivity index (χ0n) is 5.28. The van der Waals surface area contributed by atoms with Gasteiger partial charge in [-0.15, -0.1) is 0 Å². The minimum atomic E-state index is -4.51. The Labute approximate surface area is 55.7 Å². The van der Waals surface area contributed by atoms with E-state index in [1.165, 1.54) is 0 Å². The number of halogens is 4. The normalized spacial score (nSPS) is 15.9. The van der Waals surface area contributed by atoms with Gasteiger partial charge in [-0.25, -0.2) is 8.78 Å². The lowest BCUT2D eigenvalue weighted by molar-refractivity contribution is -0.295. The molecule has 0 bridgehead atoms. The molecule has 1 nitrogen and oxygen atoms in total. The quantitative estimate of drug-likeness (QED) is 0.563. The highest BCUT2D eigenvalue weighted by atomic mass is 19.3. The van der Waals surface area contributed by atoms with Crippen LogP contribution < -0.4 is 0 Å². The van der Waals surface area contributed by atoms with Crippen LogP contribution in [0, 0.1) is 5.92 Å². The number of rotatable bonds is 3. The standard InChI is InChI=1S/C5H7F4O/c1-2-3(4(6)7)5(8,9)10/h3-4H,2H2,1H3. The Morgan fingerprint density at radius 1 is 1.40 bits per heavy atom. The molecule has 0 fully saturated rings. The van der Waals surface area contributed by atoms with Crippen LogP contribution in [0.15, 0.2) is 0 Å². The zero-order valence-corrected chi connectivity index (χ0v) is 5.28. The van der Waals surface area contributed by atoms with Gasteiger partial charge < -0.3 is 0 Å². The van der Waals surface area contributed by atoms with Crippen molar-refractivity contribution in [2.45, 2.75) is 25.9 Å². The summed E-state index contributed by atoms with van der Waals surface area (Å²) in [5.41, 5.74) is 0. The van der Waals surface area contributed by atoms with Crippen LogP contribution >= 0.6 is 0 Å². The molecular weight excluding hydrogens is 152 g/mol. The van der Waals surface area contributed by atoms with Crippen molar-refractivity contribution in [1.82, 2.24) is 0 Å². The van der Waals surface area contributed by atoms with Gasteiger partial charge in [0.05, 0.1) is 0 Å². The highest BCUT2D eigenvalue weighted by molar-refractivity contribution is 4.66. The lowest BCUT2D eigenvalue weighted by Crippen LogP contribution is -2.31. The fourth-order valence-corrected chi connectivity index (χ4v) is 0.562. The van der Waals surface area contributed by atoms with Gasteiger partial charge in [0.1, 0.15) is 5.92 Å². The lowest BCUT2D eigenvalue weighted by atomic mass is 10.1. The molecule has 1 radical (unpaired) electrons. The van der Waals surface area contributed by atoms with Gasteiger partial charge >= 0.3 is 6.11 Å². The molecule has 0 heterocycles. The van der Waals surface area contributed by atoms with Gasteiger partial charge in [0.15, 0.2) is 0 Å². The molecule has 0 rings (SSSR count). The summed E-state index contributed by atoms with van der Waals surface area (Å²) in [5, 5.41) is 9.66. The molecule has 0 saturated heterocycles. The van der Waals surface area contributed by atoms with Crippen molar-refractivity contribution in [1.29, 1.82) is 0 Å². The van der Waals surface area contributed by atoms with Crippen molar-refractivity contribution in [2.75, 3.05) is 0 Å². The summed E-state index contributed by atoms with van der Waals surface area (Å²) in [4.78, 5) is 0. The molecule has 0 aromatic carbocycles. The Balaban J connectivity index is 4.07. The summed E-state index contributed by atoms with van der Waals surface area (Å²) >= 11 is 0. The molecule has 0 saturated carbocycles. The van der Waals surface area contributed by atoms with E-state index in [1.54, 1.807) is 0 Å². The summed E-state index contributed by atoms with van der Waals surface area (Å²) in [7, 11) is 0. The van der Waals surface area contributed by atoms with E-state index < -0.39 is 24.9 Å². The maximum Gasteiger partial charge on any atom is 0.389 e. The maximum absolute atomic E-state index is 11.6. The van der Waals surface area contributed by atoms with E-state index in [9.17, 15) is 22.7 Å². The van der Waals surface area contributed by atoms with E-state index in [4.69, 9.17) is 0 Å². The second-order valence-electron chi connectivity index (χ2n) is 1.91. The SMILES string of the molecule is CCC(C(F)F)C([O])(F)F. The van der Waals surface area contributed by atoms with Crippen molar-refractivity contribution in [2.24, 2.45) is 5.92 Å². The van der Waals surface area contributed by atoms with Crippen LogP contribution in [0.25, 0.3) is 0 Å². The van der Waals surface area contributed by atoms with E-state index in [2.05, 4.69) is 0 Å². The predicted molar refractivity (Wildman–Crippen MR) is 25.4 cm³/mol. The monoisotopic (exact) mass is 159 g/mol. The van der Waals surface area contributed by atoms with Gasteiger partial charge in [-0.3, -0.25) is 0 Å². The molecule has 0 aliphatic carbocycles. The van der Waals surface area contributed by atoms with Crippen LogP contribution in [-0.4, -0.2) is 12.5 Å². The topological polar surface area (TPSA) is 19.9 Å². The third-order valence-electron chi connectivity index (χ3n) is 1.18. The minimum Gasteiger partial charge on any atom is -0.210 e. The Hall–Kier alpha value is -0.320. The highest BCUT2D eigenvalue weighted by Gasteiger charge is 2.43. The fourth-order valence-electron chi connectivity index (χ4n) is 0.562. The van der Waals surface area contributed by atoms with Crippen LogP contribution in [0.3, 0.4) is 0 Å². The Morgan fingerprint density at radius 3 is 1.80 bits per heavy atom. The van der Waals surface area contributed by atoms with Gasteiger partial charge in [-0.1, -0.05) is 6.92 Å². The Kier molecular flexibility index (Phi) is 3.08. The van der Waals surface area contributed by atoms with Crippen molar-refractivity contribution >= 4 is 0 Å². The first kappa shape index (κ1) is 9.68. The molecule has 0 aliphatic heterocycles. The first-order chi connectivity index (χ1) is 4.39. The summed E-state index contributed by atoms with van der Waals surface area (Å²) in [6.45, 7) is 1.13. The molecule has 0 aromatic rings. The van der Waals surface area contributed by atoms with Gasteiger partial charge in [-0.2, -0.15) is 13.9 Å². The molecular formula is C5H7F4O. The van der Waals surface area contributed by atoms with Crippen molar-refractivity contribution < 1.29 is 22.7 Å². The van der Waals surface area contributed by atoms with Gasteiger partial charge in [-0.05, 0) is 6.42 Å². The third-order valence-corrected chi connectivity index (χ3v) is 1.18. The Bertz CT molecular complexity index is 98.3. The number of alkyl halides is 4. The molecule has 1 unspecified atom stereocenters. The van der Waals surface area contributed by atoms with Gasteiger partial charge in [0.25, 0.3) is 0 Å². The summed E-state index contributed by atoms with van der Waals surface area (Å²) in [6.07, 6.45) is -8.26. The van der Waals surface area contributed by atoms with Crippen LogP contribution in [0.4, 0.5) is 17.6 Å². The van der Waals surface area contributed by atoms with E-state index in [0.717, 1.165) is 6.92 Å². The van der Waals surface area contributed by atoms with Gasteiger partial charge in [0.2, 0.25) is 6.43 Å². The summed E-state index contributed by atoms with van der Waals surface area (Å²) in [6, 6.07) is 0. The molecule has 5 heteroatoms. The maximum atomic E-state index is 11.6. The predicted octanol–water partition coefficient (Wildman–Crippen LogP) is 2.30. The second kappa shape index (κ2) is 3.18. The molecule has 10 heavy (non-hydrogen) atoms. The van der Waals surface area contributed by atoms with Gasteiger partial charge in [0, 0.05) is 0 Å². The molecule has 0 spiro atoms. The van der Waals surface area contributed by atoms with Crippen LogP contribution in [0.5, 0.6) is 0 Å². The van der Waals surface area contributed by atoms with Crippen molar-refractivity contribution in [3.05, 3.63) is 0 Å². The molecule has 1 atom stereocenters.